The first kappa shape index (κ1) is 15.9. The number of amides is 1. The highest BCUT2D eigenvalue weighted by atomic mass is 35.5. The Bertz CT molecular complexity index is 886. The first-order chi connectivity index (χ1) is 11.6. The number of tetrazole rings is 1. The summed E-state index contributed by atoms with van der Waals surface area (Å²) < 4.78 is 20.1. The van der Waals surface area contributed by atoms with Crippen molar-refractivity contribution in [2.24, 2.45) is 0 Å². The number of anilines is 1. The molecule has 24 heavy (non-hydrogen) atoms. The Morgan fingerprint density at radius 3 is 2.83 bits per heavy atom. The summed E-state index contributed by atoms with van der Waals surface area (Å²) in [6.07, 6.45) is 1.31. The molecule has 3 rings (SSSR count). The molecule has 1 N–H and O–H groups in total. The summed E-state index contributed by atoms with van der Waals surface area (Å²) in [5, 5.41) is 13.8. The van der Waals surface area contributed by atoms with E-state index in [2.05, 4.69) is 20.8 Å². The second kappa shape index (κ2) is 6.63. The number of carbonyl (C=O) groups excluding carboxylic acids is 1. The van der Waals surface area contributed by atoms with E-state index in [1.165, 1.54) is 36.3 Å². The van der Waals surface area contributed by atoms with Crippen molar-refractivity contribution in [1.29, 1.82) is 0 Å². The monoisotopic (exact) mass is 347 g/mol. The van der Waals surface area contributed by atoms with Crippen LogP contribution < -0.4 is 10.1 Å². The molecule has 0 aliphatic heterocycles. The Labute approximate surface area is 141 Å². The third-order valence-corrected chi connectivity index (χ3v) is 3.44. The van der Waals surface area contributed by atoms with Crippen LogP contribution in [0.15, 0.2) is 42.7 Å². The lowest BCUT2D eigenvalue weighted by Gasteiger charge is -2.12. The van der Waals surface area contributed by atoms with Crippen LogP contribution in [0.1, 0.15) is 10.4 Å². The molecule has 0 spiro atoms. The van der Waals surface area contributed by atoms with Gasteiger partial charge in [-0.2, -0.15) is 4.68 Å². The molecular weight excluding hydrogens is 337 g/mol. The minimum atomic E-state index is -0.560. The molecule has 9 heteroatoms. The number of aromatic nitrogens is 4. The summed E-state index contributed by atoms with van der Waals surface area (Å²) in [5.41, 5.74) is 0.756. The van der Waals surface area contributed by atoms with Gasteiger partial charge >= 0.3 is 0 Å². The molecule has 0 radical (unpaired) electrons. The minimum Gasteiger partial charge on any atom is -0.495 e. The van der Waals surface area contributed by atoms with Gasteiger partial charge in [-0.1, -0.05) is 11.6 Å². The fourth-order valence-electron chi connectivity index (χ4n) is 2.13. The summed E-state index contributed by atoms with van der Waals surface area (Å²) in [6, 6.07) is 8.51. The van der Waals surface area contributed by atoms with Gasteiger partial charge in [0, 0.05) is 5.02 Å². The first-order valence-electron chi connectivity index (χ1n) is 6.76. The lowest BCUT2D eigenvalue weighted by atomic mass is 10.1. The van der Waals surface area contributed by atoms with E-state index in [0.717, 1.165) is 6.07 Å². The quantitative estimate of drug-likeness (QED) is 0.784. The standard InChI is InChI=1S/C15H11ClFN5O2/c1-24-14-5-2-9(16)6-12(14)19-15(23)11-7-10(17)3-4-13(11)22-8-18-20-21-22/h2-8H,1H3,(H,19,23). The maximum Gasteiger partial charge on any atom is 0.258 e. The highest BCUT2D eigenvalue weighted by molar-refractivity contribution is 6.31. The zero-order chi connectivity index (χ0) is 17.1. The zero-order valence-corrected chi connectivity index (χ0v) is 13.2. The van der Waals surface area contributed by atoms with Crippen LogP contribution in [-0.4, -0.2) is 33.2 Å². The average Bonchev–Trinajstić information content (AvgIpc) is 3.09. The zero-order valence-electron chi connectivity index (χ0n) is 12.4. The lowest BCUT2D eigenvalue weighted by Crippen LogP contribution is -2.16. The van der Waals surface area contributed by atoms with Crippen molar-refractivity contribution in [2.75, 3.05) is 12.4 Å². The van der Waals surface area contributed by atoms with Crippen molar-refractivity contribution in [3.05, 3.63) is 59.1 Å². The highest BCUT2D eigenvalue weighted by Crippen LogP contribution is 2.28. The minimum absolute atomic E-state index is 0.0596. The molecule has 0 aliphatic rings. The summed E-state index contributed by atoms with van der Waals surface area (Å²) in [4.78, 5) is 12.6. The van der Waals surface area contributed by atoms with Gasteiger partial charge in [-0.25, -0.2) is 4.39 Å². The molecule has 0 fully saturated rings. The van der Waals surface area contributed by atoms with E-state index in [-0.39, 0.29) is 5.56 Å². The molecule has 2 aromatic carbocycles. The molecule has 1 heterocycles. The van der Waals surface area contributed by atoms with Gasteiger partial charge in [-0.05, 0) is 46.8 Å². The van der Waals surface area contributed by atoms with Crippen molar-refractivity contribution in [3.8, 4) is 11.4 Å². The van der Waals surface area contributed by atoms with Crippen molar-refractivity contribution >= 4 is 23.2 Å². The molecule has 7 nitrogen and oxygen atoms in total. The largest absolute Gasteiger partial charge is 0.495 e. The van der Waals surface area contributed by atoms with Gasteiger partial charge in [-0.15, -0.1) is 5.10 Å². The molecule has 1 aromatic heterocycles. The predicted molar refractivity (Wildman–Crippen MR) is 85.1 cm³/mol. The van der Waals surface area contributed by atoms with Crippen LogP contribution in [0, 0.1) is 5.82 Å². The summed E-state index contributed by atoms with van der Waals surface area (Å²) in [7, 11) is 1.47. The third-order valence-electron chi connectivity index (χ3n) is 3.21. The molecule has 0 saturated heterocycles. The lowest BCUT2D eigenvalue weighted by molar-refractivity contribution is 0.102. The summed E-state index contributed by atoms with van der Waals surface area (Å²) in [6.45, 7) is 0. The molecule has 122 valence electrons. The van der Waals surface area contributed by atoms with Gasteiger partial charge in [0.2, 0.25) is 0 Å². The van der Waals surface area contributed by atoms with Crippen molar-refractivity contribution in [2.45, 2.75) is 0 Å². The van der Waals surface area contributed by atoms with Gasteiger partial charge < -0.3 is 10.1 Å². The summed E-state index contributed by atoms with van der Waals surface area (Å²) in [5.74, 6) is -0.691. The van der Waals surface area contributed by atoms with Crippen molar-refractivity contribution in [3.63, 3.8) is 0 Å². The fourth-order valence-corrected chi connectivity index (χ4v) is 2.30. The molecule has 1 amide bonds. The van der Waals surface area contributed by atoms with E-state index in [4.69, 9.17) is 16.3 Å². The number of hydrogen-bond donors (Lipinski definition) is 1. The Hall–Kier alpha value is -3.00. The van der Waals surface area contributed by atoms with Crippen LogP contribution in [-0.2, 0) is 0 Å². The number of halogens is 2. The molecule has 0 aliphatic carbocycles. The SMILES string of the molecule is COc1ccc(Cl)cc1NC(=O)c1cc(F)ccc1-n1cnnn1. The first-order valence-corrected chi connectivity index (χ1v) is 7.14. The van der Waals surface area contributed by atoms with E-state index in [9.17, 15) is 9.18 Å². The predicted octanol–water partition coefficient (Wildman–Crippen LogP) is 2.72. The number of carbonyl (C=O) groups is 1. The van der Waals surface area contributed by atoms with E-state index >= 15 is 0 Å². The van der Waals surface area contributed by atoms with Gasteiger partial charge in [0.05, 0.1) is 24.0 Å². The number of methoxy groups -OCH3 is 1. The molecule has 0 atom stereocenters. The molecular formula is C15H11ClFN5O2. The van der Waals surface area contributed by atoms with Crippen LogP contribution >= 0.6 is 11.6 Å². The van der Waals surface area contributed by atoms with Gasteiger partial charge in [-0.3, -0.25) is 4.79 Å². The molecule has 0 saturated carbocycles. The average molecular weight is 348 g/mol. The van der Waals surface area contributed by atoms with Crippen molar-refractivity contribution < 1.29 is 13.9 Å². The van der Waals surface area contributed by atoms with Crippen LogP contribution in [0.3, 0.4) is 0 Å². The van der Waals surface area contributed by atoms with E-state index < -0.39 is 11.7 Å². The van der Waals surface area contributed by atoms with Gasteiger partial charge in [0.15, 0.2) is 0 Å². The highest BCUT2D eigenvalue weighted by Gasteiger charge is 2.17. The Morgan fingerprint density at radius 1 is 1.29 bits per heavy atom. The Morgan fingerprint density at radius 2 is 2.12 bits per heavy atom. The third kappa shape index (κ3) is 3.18. The maximum atomic E-state index is 13.6. The van der Waals surface area contributed by atoms with Crippen LogP contribution in [0.25, 0.3) is 5.69 Å². The van der Waals surface area contributed by atoms with Crippen molar-refractivity contribution in [1.82, 2.24) is 20.2 Å². The van der Waals surface area contributed by atoms with E-state index in [1.807, 2.05) is 0 Å². The van der Waals surface area contributed by atoms with Gasteiger partial charge in [0.1, 0.15) is 17.9 Å². The number of nitrogens with one attached hydrogen (secondary N) is 1. The van der Waals surface area contributed by atoms with E-state index in [1.54, 1.807) is 12.1 Å². The fraction of sp³-hybridized carbons (Fsp3) is 0.0667. The maximum absolute atomic E-state index is 13.6. The smallest absolute Gasteiger partial charge is 0.258 e. The number of rotatable bonds is 4. The Balaban J connectivity index is 1.99. The normalized spacial score (nSPS) is 10.5. The molecule has 3 aromatic rings. The van der Waals surface area contributed by atoms with Gasteiger partial charge in [0.25, 0.3) is 5.91 Å². The van der Waals surface area contributed by atoms with Crippen LogP contribution in [0.5, 0.6) is 5.75 Å². The summed E-state index contributed by atoms with van der Waals surface area (Å²) >= 11 is 5.94. The van der Waals surface area contributed by atoms with Crippen LogP contribution in [0.2, 0.25) is 5.02 Å². The molecule has 0 bridgehead atoms. The number of hydrogen-bond acceptors (Lipinski definition) is 5. The molecule has 0 unspecified atom stereocenters. The topological polar surface area (TPSA) is 81.9 Å². The van der Waals surface area contributed by atoms with Crippen LogP contribution in [0.4, 0.5) is 10.1 Å². The number of nitrogens with zero attached hydrogens (tertiary/aromatic N) is 4. The second-order valence-corrected chi connectivity index (χ2v) is 5.15. The number of benzene rings is 2. The van der Waals surface area contributed by atoms with E-state index in [0.29, 0.717) is 22.1 Å². The Kier molecular flexibility index (Phi) is 4.39. The second-order valence-electron chi connectivity index (χ2n) is 4.71. The number of ether oxygens (including phenoxy) is 1.